The summed E-state index contributed by atoms with van der Waals surface area (Å²) >= 11 is 0. The lowest BCUT2D eigenvalue weighted by Crippen LogP contribution is -1.97. The molecule has 0 N–H and O–H groups in total. The highest BCUT2D eigenvalue weighted by Crippen LogP contribution is 2.25. The Balaban J connectivity index is 3.02. The van der Waals surface area contributed by atoms with E-state index in [1.165, 1.54) is 24.3 Å². The van der Waals surface area contributed by atoms with Crippen molar-refractivity contribution in [2.24, 2.45) is 0 Å². The molecule has 0 spiro atoms. The number of hydrogen-bond donors (Lipinski definition) is 0. The Hall–Kier alpha value is -1.58. The van der Waals surface area contributed by atoms with Crippen molar-refractivity contribution < 1.29 is 17.6 Å². The summed E-state index contributed by atoms with van der Waals surface area (Å²) in [5.74, 6) is -6.28. The van der Waals surface area contributed by atoms with Crippen molar-refractivity contribution in [3.8, 4) is 0 Å². The molecule has 0 nitrogen and oxygen atoms in total. The van der Waals surface area contributed by atoms with E-state index in [0.29, 0.717) is 0 Å². The number of fused-ring (bicyclic) bond motifs is 1. The predicted octanol–water partition coefficient (Wildman–Crippen LogP) is 3.40. The van der Waals surface area contributed by atoms with Crippen LogP contribution in [0.5, 0.6) is 0 Å². The van der Waals surface area contributed by atoms with E-state index in [1.807, 2.05) is 0 Å². The van der Waals surface area contributed by atoms with Gasteiger partial charge in [-0.2, -0.15) is 0 Å². The normalized spacial score (nSPS) is 10.9. The number of hydrogen-bond acceptors (Lipinski definition) is 0. The molecule has 0 bridgehead atoms. The minimum atomic E-state index is -1.78. The fourth-order valence-electron chi connectivity index (χ4n) is 1.30. The average Bonchev–Trinajstić information content (AvgIpc) is 2.23. The predicted molar refractivity (Wildman–Crippen MR) is 43.8 cm³/mol. The smallest absolute Gasteiger partial charge is 0.198 e. The first-order valence-corrected chi connectivity index (χ1v) is 3.83. The molecule has 0 heterocycles. The molecular weight excluding hydrogens is 196 g/mol. The third-order valence-electron chi connectivity index (χ3n) is 1.98. The Morgan fingerprint density at radius 3 is 1.29 bits per heavy atom. The van der Waals surface area contributed by atoms with Gasteiger partial charge in [0.15, 0.2) is 23.3 Å². The van der Waals surface area contributed by atoms with Gasteiger partial charge in [-0.3, -0.25) is 0 Å². The van der Waals surface area contributed by atoms with Crippen molar-refractivity contribution in [3.05, 3.63) is 47.5 Å². The summed E-state index contributed by atoms with van der Waals surface area (Å²) in [6.45, 7) is 0. The van der Waals surface area contributed by atoms with E-state index in [0.717, 1.165) is 0 Å². The summed E-state index contributed by atoms with van der Waals surface area (Å²) in [6, 6.07) is 5.22. The molecule has 0 atom stereocenters. The summed E-state index contributed by atoms with van der Waals surface area (Å²) in [7, 11) is 0. The van der Waals surface area contributed by atoms with Crippen LogP contribution in [-0.4, -0.2) is 0 Å². The van der Waals surface area contributed by atoms with Crippen LogP contribution in [0.25, 0.3) is 10.8 Å². The zero-order chi connectivity index (χ0) is 10.3. The third kappa shape index (κ3) is 1.07. The fraction of sp³-hybridized carbons (Fsp3) is 0. The Bertz CT molecular complexity index is 458. The lowest BCUT2D eigenvalue weighted by Gasteiger charge is -2.03. The molecule has 72 valence electrons. The monoisotopic (exact) mass is 200 g/mol. The van der Waals surface area contributed by atoms with Gasteiger partial charge in [0.05, 0.1) is 0 Å². The van der Waals surface area contributed by atoms with Crippen LogP contribution in [0.3, 0.4) is 0 Å². The van der Waals surface area contributed by atoms with Crippen molar-refractivity contribution in [1.82, 2.24) is 0 Å². The average molecular weight is 200 g/mol. The minimum absolute atomic E-state index is 0.260. The first kappa shape index (κ1) is 8.99. The molecule has 0 unspecified atom stereocenters. The summed E-state index contributed by atoms with van der Waals surface area (Å²) in [5.41, 5.74) is 0. The number of benzene rings is 2. The van der Waals surface area contributed by atoms with E-state index in [1.54, 1.807) is 0 Å². The van der Waals surface area contributed by atoms with Crippen LogP contribution in [0, 0.1) is 23.3 Å². The number of rotatable bonds is 0. The first-order valence-electron chi connectivity index (χ1n) is 3.83. The fourth-order valence-corrected chi connectivity index (χ4v) is 1.30. The third-order valence-corrected chi connectivity index (χ3v) is 1.98. The zero-order valence-corrected chi connectivity index (χ0v) is 6.82. The molecule has 2 rings (SSSR count). The van der Waals surface area contributed by atoms with Gasteiger partial charge < -0.3 is 0 Å². The van der Waals surface area contributed by atoms with Gasteiger partial charge in [0.2, 0.25) is 0 Å². The van der Waals surface area contributed by atoms with Crippen molar-refractivity contribution in [1.29, 1.82) is 0 Å². The van der Waals surface area contributed by atoms with Crippen LogP contribution >= 0.6 is 0 Å². The highest BCUT2D eigenvalue weighted by atomic mass is 19.2. The summed E-state index contributed by atoms with van der Waals surface area (Å²) < 4.78 is 51.6. The first-order chi connectivity index (χ1) is 6.63. The molecule has 0 saturated carbocycles. The number of halogens is 4. The zero-order valence-electron chi connectivity index (χ0n) is 6.82. The molecule has 0 aromatic heterocycles. The summed E-state index contributed by atoms with van der Waals surface area (Å²) in [6.07, 6.45) is 0. The van der Waals surface area contributed by atoms with Crippen LogP contribution in [0.15, 0.2) is 24.3 Å². The molecule has 2 aromatic carbocycles. The summed E-state index contributed by atoms with van der Waals surface area (Å²) in [4.78, 5) is 0. The van der Waals surface area contributed by atoms with Gasteiger partial charge in [-0.15, -0.1) is 0 Å². The lowest BCUT2D eigenvalue weighted by atomic mass is 10.1. The van der Waals surface area contributed by atoms with E-state index in [-0.39, 0.29) is 10.8 Å². The molecule has 0 amide bonds. The topological polar surface area (TPSA) is 0 Å². The van der Waals surface area contributed by atoms with Crippen molar-refractivity contribution in [2.75, 3.05) is 0 Å². The standard InChI is InChI=1S/C10H4F4/c11-7-5-3-1-2-4-6(5)8(12)10(14)9(7)13/h1-4H. The van der Waals surface area contributed by atoms with Gasteiger partial charge in [0, 0.05) is 10.8 Å². The van der Waals surface area contributed by atoms with Crippen LogP contribution < -0.4 is 0 Å². The van der Waals surface area contributed by atoms with Crippen LogP contribution in [0.2, 0.25) is 0 Å². The van der Waals surface area contributed by atoms with Crippen LogP contribution in [0.1, 0.15) is 0 Å². The molecule has 0 aliphatic carbocycles. The maximum atomic E-state index is 13.1. The van der Waals surface area contributed by atoms with Gasteiger partial charge in [0.25, 0.3) is 0 Å². The maximum Gasteiger partial charge on any atom is 0.198 e. The maximum absolute atomic E-state index is 13.1. The van der Waals surface area contributed by atoms with E-state index < -0.39 is 23.3 Å². The van der Waals surface area contributed by atoms with Gasteiger partial charge in [-0.05, 0) is 0 Å². The second kappa shape index (κ2) is 2.97. The molecule has 0 saturated heterocycles. The van der Waals surface area contributed by atoms with Gasteiger partial charge in [-0.25, -0.2) is 17.6 Å². The second-order valence-electron chi connectivity index (χ2n) is 2.80. The van der Waals surface area contributed by atoms with E-state index in [9.17, 15) is 17.6 Å². The quantitative estimate of drug-likeness (QED) is 0.347. The van der Waals surface area contributed by atoms with Gasteiger partial charge in [0.1, 0.15) is 0 Å². The molecule has 0 radical (unpaired) electrons. The van der Waals surface area contributed by atoms with Crippen LogP contribution in [0.4, 0.5) is 17.6 Å². The second-order valence-corrected chi connectivity index (χ2v) is 2.80. The summed E-state index contributed by atoms with van der Waals surface area (Å²) in [5, 5.41) is -0.521. The molecule has 14 heavy (non-hydrogen) atoms. The van der Waals surface area contributed by atoms with Crippen molar-refractivity contribution >= 4 is 10.8 Å². The van der Waals surface area contributed by atoms with E-state index in [4.69, 9.17) is 0 Å². The molecule has 0 aliphatic heterocycles. The lowest BCUT2D eigenvalue weighted by molar-refractivity contribution is 0.418. The Labute approximate surface area is 76.8 Å². The molecule has 0 fully saturated rings. The van der Waals surface area contributed by atoms with Crippen LogP contribution in [-0.2, 0) is 0 Å². The van der Waals surface area contributed by atoms with Gasteiger partial charge in [-0.1, -0.05) is 24.3 Å². The van der Waals surface area contributed by atoms with E-state index in [2.05, 4.69) is 0 Å². The minimum Gasteiger partial charge on any atom is -0.203 e. The van der Waals surface area contributed by atoms with Crippen molar-refractivity contribution in [2.45, 2.75) is 0 Å². The Kier molecular flexibility index (Phi) is 1.91. The molecule has 0 aliphatic rings. The Morgan fingerprint density at radius 2 is 0.929 bits per heavy atom. The van der Waals surface area contributed by atoms with Crippen molar-refractivity contribution in [3.63, 3.8) is 0 Å². The highest BCUT2D eigenvalue weighted by molar-refractivity contribution is 5.83. The van der Waals surface area contributed by atoms with E-state index >= 15 is 0 Å². The molecule has 2 aromatic rings. The Morgan fingerprint density at radius 1 is 0.571 bits per heavy atom. The largest absolute Gasteiger partial charge is 0.203 e. The highest BCUT2D eigenvalue weighted by Gasteiger charge is 2.19. The molecule has 4 heteroatoms. The van der Waals surface area contributed by atoms with Gasteiger partial charge >= 0.3 is 0 Å². The SMILES string of the molecule is Fc1c(F)c(F)c2ccccc2c1F. The molecular formula is C10H4F4.